The molecular weight excluding hydrogens is 298 g/mol. The SMILES string of the molecule is C=C1CC(SCCS)C(=C)N1CC1CCC(C(=N)N)CC1. The molecule has 1 aliphatic heterocycles. The maximum Gasteiger partial charge on any atom is 0.0936 e. The van der Waals surface area contributed by atoms with Crippen LogP contribution in [0.5, 0.6) is 0 Å². The number of likely N-dealkylation sites (tertiary alicyclic amines) is 1. The molecule has 1 saturated carbocycles. The molecule has 1 unspecified atom stereocenters. The summed E-state index contributed by atoms with van der Waals surface area (Å²) in [6.07, 6.45) is 5.47. The Morgan fingerprint density at radius 3 is 2.57 bits per heavy atom. The van der Waals surface area contributed by atoms with Gasteiger partial charge in [0.2, 0.25) is 0 Å². The van der Waals surface area contributed by atoms with E-state index in [2.05, 4.69) is 30.7 Å². The van der Waals surface area contributed by atoms with E-state index in [0.29, 0.717) is 22.9 Å². The quantitative estimate of drug-likeness (QED) is 0.398. The Morgan fingerprint density at radius 1 is 1.33 bits per heavy atom. The molecule has 118 valence electrons. The molecule has 2 rings (SSSR count). The lowest BCUT2D eigenvalue weighted by atomic mass is 9.81. The van der Waals surface area contributed by atoms with Crippen LogP contribution in [0.2, 0.25) is 0 Å². The molecule has 0 spiro atoms. The minimum absolute atomic E-state index is 0.310. The molecule has 2 aliphatic rings. The zero-order chi connectivity index (χ0) is 15.4. The van der Waals surface area contributed by atoms with E-state index in [4.69, 9.17) is 11.1 Å². The van der Waals surface area contributed by atoms with Gasteiger partial charge in [-0.1, -0.05) is 13.2 Å². The van der Waals surface area contributed by atoms with E-state index in [-0.39, 0.29) is 0 Å². The Hall–Kier alpha value is -0.550. The molecule has 1 heterocycles. The van der Waals surface area contributed by atoms with Crippen molar-refractivity contribution < 1.29 is 0 Å². The standard InChI is InChI=1S/C16H27N3S2/c1-11-9-15(21-8-7-20)12(2)19(11)10-13-3-5-14(6-4-13)16(17)18/h13-15,20H,1-10H2,(H3,17,18). The lowest BCUT2D eigenvalue weighted by molar-refractivity contribution is 0.262. The number of hydrogen-bond acceptors (Lipinski definition) is 4. The van der Waals surface area contributed by atoms with E-state index in [1.165, 1.54) is 11.4 Å². The van der Waals surface area contributed by atoms with E-state index in [1.807, 2.05) is 11.8 Å². The van der Waals surface area contributed by atoms with Crippen LogP contribution in [0.25, 0.3) is 0 Å². The van der Waals surface area contributed by atoms with Crippen molar-refractivity contribution in [2.45, 2.75) is 37.4 Å². The summed E-state index contributed by atoms with van der Waals surface area (Å²) in [6, 6.07) is 0. The predicted octanol–water partition coefficient (Wildman–Crippen LogP) is 3.49. The molecule has 1 atom stereocenters. The summed E-state index contributed by atoms with van der Waals surface area (Å²) in [6.45, 7) is 9.57. The molecule has 21 heavy (non-hydrogen) atoms. The van der Waals surface area contributed by atoms with Crippen LogP contribution in [0.4, 0.5) is 0 Å². The van der Waals surface area contributed by atoms with Crippen LogP contribution in [0.3, 0.4) is 0 Å². The second-order valence-electron chi connectivity index (χ2n) is 6.13. The summed E-state index contributed by atoms with van der Waals surface area (Å²) in [5.74, 6) is 3.34. The van der Waals surface area contributed by atoms with Crippen LogP contribution in [0.1, 0.15) is 32.1 Å². The summed E-state index contributed by atoms with van der Waals surface area (Å²) in [7, 11) is 0. The Balaban J connectivity index is 1.84. The summed E-state index contributed by atoms with van der Waals surface area (Å²) in [4.78, 5) is 2.34. The second kappa shape index (κ2) is 7.63. The highest BCUT2D eigenvalue weighted by Crippen LogP contribution is 2.39. The number of thiol groups is 1. The molecule has 0 aromatic rings. The Kier molecular flexibility index (Phi) is 6.11. The number of nitrogens with zero attached hydrogens (tertiary/aromatic N) is 1. The van der Waals surface area contributed by atoms with Gasteiger partial charge in [0.1, 0.15) is 0 Å². The fraction of sp³-hybridized carbons (Fsp3) is 0.688. The molecule has 5 heteroatoms. The highest BCUT2D eigenvalue weighted by molar-refractivity contribution is 8.00. The van der Waals surface area contributed by atoms with Gasteiger partial charge in [-0.25, -0.2) is 0 Å². The normalized spacial score (nSPS) is 30.0. The zero-order valence-corrected chi connectivity index (χ0v) is 14.4. The van der Waals surface area contributed by atoms with E-state index >= 15 is 0 Å². The minimum atomic E-state index is 0.310. The van der Waals surface area contributed by atoms with Gasteiger partial charge in [-0.3, -0.25) is 5.41 Å². The first-order chi connectivity index (χ1) is 10.0. The van der Waals surface area contributed by atoms with Crippen LogP contribution in [-0.4, -0.2) is 34.0 Å². The number of nitrogens with two attached hydrogens (primary N) is 1. The van der Waals surface area contributed by atoms with Gasteiger partial charge in [0.25, 0.3) is 0 Å². The van der Waals surface area contributed by atoms with E-state index in [1.54, 1.807) is 0 Å². The lowest BCUT2D eigenvalue weighted by Gasteiger charge is -2.32. The summed E-state index contributed by atoms with van der Waals surface area (Å²) in [5.41, 5.74) is 8.06. The van der Waals surface area contributed by atoms with E-state index < -0.39 is 0 Å². The molecule has 0 aromatic carbocycles. The van der Waals surface area contributed by atoms with Gasteiger partial charge >= 0.3 is 0 Å². The molecule has 0 aromatic heterocycles. The van der Waals surface area contributed by atoms with Gasteiger partial charge in [-0.05, 0) is 37.4 Å². The average Bonchev–Trinajstić information content (AvgIpc) is 2.73. The van der Waals surface area contributed by atoms with Crippen molar-refractivity contribution in [3.8, 4) is 0 Å². The largest absolute Gasteiger partial charge is 0.387 e. The number of rotatable bonds is 6. The molecule has 0 radical (unpaired) electrons. The van der Waals surface area contributed by atoms with Gasteiger partial charge in [-0.15, -0.1) is 0 Å². The lowest BCUT2D eigenvalue weighted by Crippen LogP contribution is -2.31. The third kappa shape index (κ3) is 4.22. The van der Waals surface area contributed by atoms with Crippen LogP contribution >= 0.6 is 24.4 Å². The third-order valence-corrected chi connectivity index (χ3v) is 6.47. The van der Waals surface area contributed by atoms with Crippen molar-refractivity contribution in [3.63, 3.8) is 0 Å². The van der Waals surface area contributed by atoms with Crippen LogP contribution in [0, 0.1) is 17.2 Å². The van der Waals surface area contributed by atoms with Crippen LogP contribution < -0.4 is 5.73 Å². The van der Waals surface area contributed by atoms with Gasteiger partial charge in [0.15, 0.2) is 0 Å². The molecule has 1 aliphatic carbocycles. The smallest absolute Gasteiger partial charge is 0.0936 e. The predicted molar refractivity (Wildman–Crippen MR) is 97.1 cm³/mol. The molecule has 3 nitrogen and oxygen atoms in total. The van der Waals surface area contributed by atoms with Crippen molar-refractivity contribution >= 4 is 30.2 Å². The first-order valence-electron chi connectivity index (χ1n) is 7.73. The van der Waals surface area contributed by atoms with Gasteiger partial charge in [0.05, 0.1) is 5.84 Å². The second-order valence-corrected chi connectivity index (χ2v) is 7.89. The third-order valence-electron chi connectivity index (χ3n) is 4.66. The number of hydrogen-bond donors (Lipinski definition) is 3. The Labute approximate surface area is 138 Å². The molecule has 0 amide bonds. The van der Waals surface area contributed by atoms with Crippen molar-refractivity contribution in [3.05, 3.63) is 24.6 Å². The van der Waals surface area contributed by atoms with Gasteiger partial charge in [-0.2, -0.15) is 24.4 Å². The van der Waals surface area contributed by atoms with Gasteiger partial charge in [0, 0.05) is 41.3 Å². The highest BCUT2D eigenvalue weighted by atomic mass is 32.2. The Morgan fingerprint density at radius 2 is 2.00 bits per heavy atom. The number of thioether (sulfide) groups is 1. The maximum absolute atomic E-state index is 7.56. The topological polar surface area (TPSA) is 53.1 Å². The number of allylic oxidation sites excluding steroid dienone is 1. The molecule has 3 N–H and O–H groups in total. The molecule has 1 saturated heterocycles. The number of amidine groups is 1. The molecule has 0 bridgehead atoms. The summed E-state index contributed by atoms with van der Waals surface area (Å²) < 4.78 is 0. The fourth-order valence-corrected chi connectivity index (χ4v) is 4.67. The molecule has 2 fully saturated rings. The van der Waals surface area contributed by atoms with Crippen LogP contribution in [0.15, 0.2) is 24.6 Å². The fourth-order valence-electron chi connectivity index (χ4n) is 3.33. The first-order valence-corrected chi connectivity index (χ1v) is 9.41. The van der Waals surface area contributed by atoms with E-state index in [0.717, 1.165) is 50.2 Å². The minimum Gasteiger partial charge on any atom is -0.387 e. The zero-order valence-electron chi connectivity index (χ0n) is 12.7. The average molecular weight is 326 g/mol. The van der Waals surface area contributed by atoms with Crippen LogP contribution in [-0.2, 0) is 0 Å². The van der Waals surface area contributed by atoms with Crippen molar-refractivity contribution in [1.29, 1.82) is 5.41 Å². The highest BCUT2D eigenvalue weighted by Gasteiger charge is 2.32. The monoisotopic (exact) mass is 325 g/mol. The van der Waals surface area contributed by atoms with E-state index in [9.17, 15) is 0 Å². The maximum atomic E-state index is 7.56. The molecular formula is C16H27N3S2. The number of nitrogens with one attached hydrogen (secondary N) is 1. The van der Waals surface area contributed by atoms with Crippen molar-refractivity contribution in [2.24, 2.45) is 17.6 Å². The summed E-state index contributed by atoms with van der Waals surface area (Å²) >= 11 is 6.23. The Bertz CT molecular complexity index is 414. The van der Waals surface area contributed by atoms with Crippen molar-refractivity contribution in [1.82, 2.24) is 4.90 Å². The summed E-state index contributed by atoms with van der Waals surface area (Å²) in [5, 5.41) is 8.05. The first kappa shape index (κ1) is 16.8. The van der Waals surface area contributed by atoms with Gasteiger partial charge < -0.3 is 10.6 Å². The van der Waals surface area contributed by atoms with Crippen molar-refractivity contribution in [2.75, 3.05) is 18.1 Å².